The smallest absolute Gasteiger partial charge is 0.148 e. The Labute approximate surface area is 177 Å². The fourth-order valence-corrected chi connectivity index (χ4v) is 3.60. The van der Waals surface area contributed by atoms with E-state index >= 15 is 0 Å². The van der Waals surface area contributed by atoms with E-state index in [4.69, 9.17) is 5.26 Å². The van der Waals surface area contributed by atoms with Crippen LogP contribution >= 0.6 is 0 Å². The lowest BCUT2D eigenvalue weighted by atomic mass is 10.1. The molecule has 150 valence electrons. The van der Waals surface area contributed by atoms with Gasteiger partial charge in [0, 0.05) is 24.1 Å². The Balaban J connectivity index is 1.63. The molecule has 0 amide bonds. The van der Waals surface area contributed by atoms with Gasteiger partial charge in [-0.05, 0) is 42.5 Å². The maximum Gasteiger partial charge on any atom is 0.148 e. The molecule has 0 radical (unpaired) electrons. The predicted octanol–water partition coefficient (Wildman–Crippen LogP) is 4.93. The van der Waals surface area contributed by atoms with Crippen molar-refractivity contribution in [2.24, 2.45) is 0 Å². The molecular formula is C24H17FN6. The number of halogens is 1. The average molecular weight is 408 g/mol. The van der Waals surface area contributed by atoms with Crippen molar-refractivity contribution in [3.63, 3.8) is 0 Å². The van der Waals surface area contributed by atoms with Crippen LogP contribution in [0.2, 0.25) is 0 Å². The number of hydrogen-bond acceptors (Lipinski definition) is 4. The zero-order valence-corrected chi connectivity index (χ0v) is 16.6. The molecule has 0 saturated carbocycles. The lowest BCUT2D eigenvalue weighted by Gasteiger charge is -2.09. The first-order valence-electron chi connectivity index (χ1n) is 9.69. The van der Waals surface area contributed by atoms with Gasteiger partial charge < -0.3 is 5.32 Å². The Morgan fingerprint density at radius 2 is 1.77 bits per heavy atom. The number of benzene rings is 3. The minimum atomic E-state index is -0.557. The monoisotopic (exact) mass is 408 g/mol. The lowest BCUT2D eigenvalue weighted by molar-refractivity contribution is 0.624. The Kier molecular flexibility index (Phi) is 4.45. The largest absolute Gasteiger partial charge is 0.372 e. The van der Waals surface area contributed by atoms with Gasteiger partial charge in [-0.25, -0.2) is 13.8 Å². The zero-order valence-electron chi connectivity index (χ0n) is 16.6. The summed E-state index contributed by atoms with van der Waals surface area (Å²) in [6.07, 6.45) is 1.81. The molecule has 5 aromatic rings. The van der Waals surface area contributed by atoms with Gasteiger partial charge in [-0.15, -0.1) is 5.10 Å². The second kappa shape index (κ2) is 7.43. The minimum Gasteiger partial charge on any atom is -0.372 e. The normalized spacial score (nSPS) is 10.9. The highest BCUT2D eigenvalue weighted by Gasteiger charge is 2.15. The zero-order chi connectivity index (χ0) is 21.4. The van der Waals surface area contributed by atoms with E-state index in [-0.39, 0.29) is 5.56 Å². The molecule has 0 aliphatic rings. The summed E-state index contributed by atoms with van der Waals surface area (Å²) in [5, 5.41) is 22.1. The summed E-state index contributed by atoms with van der Waals surface area (Å²) in [6, 6.07) is 24.1. The summed E-state index contributed by atoms with van der Waals surface area (Å²) in [6.45, 7) is 0. The van der Waals surface area contributed by atoms with Crippen LogP contribution < -0.4 is 5.32 Å². The van der Waals surface area contributed by atoms with Gasteiger partial charge in [-0.2, -0.15) is 10.4 Å². The Bertz CT molecular complexity index is 1440. The number of para-hydroxylation sites is 1. The lowest BCUT2D eigenvalue weighted by Crippen LogP contribution is -2.01. The number of anilines is 1. The third-order valence-corrected chi connectivity index (χ3v) is 5.15. The van der Waals surface area contributed by atoms with E-state index in [0.717, 1.165) is 22.3 Å². The molecule has 0 bridgehead atoms. The molecule has 0 saturated heterocycles. The molecule has 5 rings (SSSR count). The number of nitrogens with one attached hydrogen (secondary N) is 1. The van der Waals surface area contributed by atoms with Crippen LogP contribution in [0.25, 0.3) is 33.5 Å². The first-order valence-corrected chi connectivity index (χ1v) is 9.69. The van der Waals surface area contributed by atoms with Crippen LogP contribution in [0, 0.1) is 17.1 Å². The number of nitrogens with zero attached hydrogens (tertiary/aromatic N) is 5. The molecule has 0 aliphatic heterocycles. The predicted molar refractivity (Wildman–Crippen MR) is 118 cm³/mol. The molecule has 2 heterocycles. The van der Waals surface area contributed by atoms with Crippen molar-refractivity contribution in [3.05, 3.63) is 90.4 Å². The van der Waals surface area contributed by atoms with Gasteiger partial charge >= 0.3 is 0 Å². The molecule has 0 aliphatic carbocycles. The first-order chi connectivity index (χ1) is 15.2. The molecular weight excluding hydrogens is 391 g/mol. The van der Waals surface area contributed by atoms with Crippen LogP contribution in [-0.4, -0.2) is 26.6 Å². The van der Waals surface area contributed by atoms with Crippen molar-refractivity contribution in [2.75, 3.05) is 12.4 Å². The van der Waals surface area contributed by atoms with E-state index in [0.29, 0.717) is 17.1 Å². The fraction of sp³-hybridized carbons (Fsp3) is 0.0417. The molecule has 0 unspecified atom stereocenters. The molecule has 6 nitrogen and oxygen atoms in total. The second-order valence-corrected chi connectivity index (χ2v) is 7.02. The molecule has 2 aromatic heterocycles. The standard InChI is InChI=1S/C24H17FN6/c1-27-24-13-23(16-7-8-17(14-26)21(25)12-16)31(29-24)20-9-10-22-18(11-20)15-28-30(22)19-5-3-2-4-6-19/h2-13,15H,1H3,(H,27,29). The number of nitriles is 1. The van der Waals surface area contributed by atoms with Gasteiger partial charge in [0.15, 0.2) is 0 Å². The summed E-state index contributed by atoms with van der Waals surface area (Å²) in [5.41, 5.74) is 4.13. The summed E-state index contributed by atoms with van der Waals surface area (Å²) >= 11 is 0. The molecule has 0 spiro atoms. The Morgan fingerprint density at radius 3 is 2.52 bits per heavy atom. The van der Waals surface area contributed by atoms with Crippen molar-refractivity contribution in [1.82, 2.24) is 19.6 Å². The molecule has 1 N–H and O–H groups in total. The van der Waals surface area contributed by atoms with Gasteiger partial charge in [0.05, 0.1) is 34.3 Å². The van der Waals surface area contributed by atoms with Crippen molar-refractivity contribution in [2.45, 2.75) is 0 Å². The summed E-state index contributed by atoms with van der Waals surface area (Å²) in [7, 11) is 1.78. The minimum absolute atomic E-state index is 0.0124. The van der Waals surface area contributed by atoms with Crippen LogP contribution in [-0.2, 0) is 0 Å². The number of rotatable bonds is 4. The van der Waals surface area contributed by atoms with Crippen molar-refractivity contribution in [1.29, 1.82) is 5.26 Å². The Hall–Kier alpha value is -4.44. The first kappa shape index (κ1) is 18.6. The van der Waals surface area contributed by atoms with Crippen LogP contribution in [0.1, 0.15) is 5.56 Å². The van der Waals surface area contributed by atoms with Crippen molar-refractivity contribution in [3.8, 4) is 28.7 Å². The topological polar surface area (TPSA) is 71.5 Å². The fourth-order valence-electron chi connectivity index (χ4n) is 3.60. The van der Waals surface area contributed by atoms with Gasteiger partial charge in [-0.1, -0.05) is 24.3 Å². The van der Waals surface area contributed by atoms with Crippen molar-refractivity contribution >= 4 is 16.7 Å². The van der Waals surface area contributed by atoms with Crippen LogP contribution in [0.3, 0.4) is 0 Å². The Morgan fingerprint density at radius 1 is 0.935 bits per heavy atom. The summed E-state index contributed by atoms with van der Waals surface area (Å²) < 4.78 is 17.9. The summed E-state index contributed by atoms with van der Waals surface area (Å²) in [5.74, 6) is 0.0955. The van der Waals surface area contributed by atoms with E-state index in [2.05, 4.69) is 15.5 Å². The van der Waals surface area contributed by atoms with E-state index in [9.17, 15) is 4.39 Å². The maximum atomic E-state index is 14.3. The highest BCUT2D eigenvalue weighted by Crippen LogP contribution is 2.29. The highest BCUT2D eigenvalue weighted by molar-refractivity contribution is 5.83. The highest BCUT2D eigenvalue weighted by atomic mass is 19.1. The third kappa shape index (κ3) is 3.20. The SMILES string of the molecule is CNc1cc(-c2ccc(C#N)c(F)c2)n(-c2ccc3c(cnn3-c3ccccc3)c2)n1. The maximum absolute atomic E-state index is 14.3. The molecule has 7 heteroatoms. The average Bonchev–Trinajstić information content (AvgIpc) is 3.43. The molecule has 0 atom stereocenters. The molecule has 3 aromatic carbocycles. The van der Waals surface area contributed by atoms with Crippen LogP contribution in [0.5, 0.6) is 0 Å². The van der Waals surface area contributed by atoms with E-state index in [1.165, 1.54) is 12.1 Å². The van der Waals surface area contributed by atoms with E-state index in [1.807, 2.05) is 71.5 Å². The summed E-state index contributed by atoms with van der Waals surface area (Å²) in [4.78, 5) is 0. The number of fused-ring (bicyclic) bond motifs is 1. The van der Waals surface area contributed by atoms with Crippen LogP contribution in [0.4, 0.5) is 10.2 Å². The van der Waals surface area contributed by atoms with Gasteiger partial charge in [0.1, 0.15) is 17.7 Å². The van der Waals surface area contributed by atoms with Crippen LogP contribution in [0.15, 0.2) is 79.0 Å². The van der Waals surface area contributed by atoms with Gasteiger partial charge in [0.25, 0.3) is 0 Å². The van der Waals surface area contributed by atoms with E-state index < -0.39 is 5.82 Å². The quantitative estimate of drug-likeness (QED) is 0.458. The van der Waals surface area contributed by atoms with Gasteiger partial charge in [-0.3, -0.25) is 0 Å². The number of aromatic nitrogens is 4. The number of hydrogen-bond donors (Lipinski definition) is 1. The van der Waals surface area contributed by atoms with E-state index in [1.54, 1.807) is 17.8 Å². The third-order valence-electron chi connectivity index (χ3n) is 5.15. The molecule has 0 fully saturated rings. The second-order valence-electron chi connectivity index (χ2n) is 7.02. The van der Waals surface area contributed by atoms with Gasteiger partial charge in [0.2, 0.25) is 0 Å². The molecule has 31 heavy (non-hydrogen) atoms. The van der Waals surface area contributed by atoms with Crippen molar-refractivity contribution < 1.29 is 4.39 Å².